The average molecular weight is 331 g/mol. The lowest BCUT2D eigenvalue weighted by Crippen LogP contribution is -2.25. The molecule has 2 nitrogen and oxygen atoms in total. The fourth-order valence-corrected chi connectivity index (χ4v) is 3.19. The highest BCUT2D eigenvalue weighted by Gasteiger charge is 2.40. The first-order valence-corrected chi connectivity index (χ1v) is 8.19. The van der Waals surface area contributed by atoms with Gasteiger partial charge >= 0.3 is 0 Å². The van der Waals surface area contributed by atoms with Crippen molar-refractivity contribution in [3.63, 3.8) is 0 Å². The summed E-state index contributed by atoms with van der Waals surface area (Å²) in [4.78, 5) is 8.58. The second-order valence-electron chi connectivity index (χ2n) is 5.62. The maximum absolute atomic E-state index is 7.02. The van der Waals surface area contributed by atoms with Crippen LogP contribution in [0.3, 0.4) is 0 Å². The minimum absolute atomic E-state index is 0.660. The molecule has 3 aromatic carbocycles. The third-order valence-electron chi connectivity index (χ3n) is 4.03. The molecular formula is C21H15ClN2. The second-order valence-corrected chi connectivity index (χ2v) is 6.16. The third-order valence-corrected chi connectivity index (χ3v) is 4.51. The van der Waals surface area contributed by atoms with E-state index in [0.29, 0.717) is 5.84 Å². The van der Waals surface area contributed by atoms with Crippen LogP contribution in [0.4, 0.5) is 0 Å². The largest absolute Gasteiger partial charge is 0.231 e. The van der Waals surface area contributed by atoms with E-state index in [9.17, 15) is 0 Å². The van der Waals surface area contributed by atoms with Gasteiger partial charge in [0, 0.05) is 16.7 Å². The molecule has 0 fully saturated rings. The van der Waals surface area contributed by atoms with Crippen LogP contribution in [0, 0.1) is 0 Å². The van der Waals surface area contributed by atoms with Gasteiger partial charge in [-0.3, -0.25) is 0 Å². The molecule has 0 saturated carbocycles. The van der Waals surface area contributed by atoms with Crippen molar-refractivity contribution < 1.29 is 0 Å². The molecule has 0 radical (unpaired) electrons. The predicted octanol–water partition coefficient (Wildman–Crippen LogP) is 5.03. The van der Waals surface area contributed by atoms with Gasteiger partial charge in [0.15, 0.2) is 5.84 Å². The summed E-state index contributed by atoms with van der Waals surface area (Å²) in [5.41, 5.74) is 3.62. The fraction of sp³-hybridized carbons (Fsp3) is 0.0476. The monoisotopic (exact) mass is 330 g/mol. The van der Waals surface area contributed by atoms with Crippen molar-refractivity contribution in [2.24, 2.45) is 9.98 Å². The number of nitrogens with zero attached hydrogens (tertiary/aromatic N) is 2. The lowest BCUT2D eigenvalue weighted by molar-refractivity contribution is 0.885. The summed E-state index contributed by atoms with van der Waals surface area (Å²) in [5.74, 6) is 0.660. The minimum Gasteiger partial charge on any atom is -0.231 e. The van der Waals surface area contributed by atoms with Crippen molar-refractivity contribution in [3.8, 4) is 0 Å². The van der Waals surface area contributed by atoms with Gasteiger partial charge in [0.1, 0.15) is 0 Å². The second kappa shape index (κ2) is 6.06. The van der Waals surface area contributed by atoms with Crippen molar-refractivity contribution in [3.05, 3.63) is 108 Å². The molecule has 1 atom stereocenters. The quantitative estimate of drug-likeness (QED) is 0.475. The van der Waals surface area contributed by atoms with E-state index >= 15 is 0 Å². The van der Waals surface area contributed by atoms with E-state index in [0.717, 1.165) is 22.4 Å². The summed E-state index contributed by atoms with van der Waals surface area (Å²) in [6, 6.07) is 29.8. The van der Waals surface area contributed by atoms with E-state index in [1.807, 2.05) is 91.0 Å². The Morgan fingerprint density at radius 3 is 1.71 bits per heavy atom. The number of amidine groups is 1. The van der Waals surface area contributed by atoms with Crippen LogP contribution < -0.4 is 0 Å². The molecule has 1 aliphatic rings. The van der Waals surface area contributed by atoms with Crippen LogP contribution in [0.15, 0.2) is 101 Å². The highest BCUT2D eigenvalue weighted by Crippen LogP contribution is 2.39. The van der Waals surface area contributed by atoms with E-state index in [2.05, 4.69) is 0 Å². The zero-order chi connectivity index (χ0) is 16.4. The molecule has 1 unspecified atom stereocenters. The molecule has 0 N–H and O–H groups in total. The Bertz CT molecular complexity index is 902. The van der Waals surface area contributed by atoms with Gasteiger partial charge < -0.3 is 0 Å². The molecule has 1 aliphatic heterocycles. The van der Waals surface area contributed by atoms with Crippen molar-refractivity contribution in [1.29, 1.82) is 0 Å². The lowest BCUT2D eigenvalue weighted by atomic mass is 9.97. The number of benzene rings is 3. The van der Waals surface area contributed by atoms with Crippen molar-refractivity contribution in [2.45, 2.75) is 5.00 Å². The molecule has 0 spiro atoms. The lowest BCUT2D eigenvalue weighted by Gasteiger charge is -2.21. The Morgan fingerprint density at radius 2 is 1.12 bits per heavy atom. The summed E-state index contributed by atoms with van der Waals surface area (Å²) in [5, 5.41) is 0. The van der Waals surface area contributed by atoms with Crippen LogP contribution >= 0.6 is 11.6 Å². The maximum Gasteiger partial charge on any atom is 0.203 e. The van der Waals surface area contributed by atoms with Crippen molar-refractivity contribution >= 4 is 23.1 Å². The summed E-state index contributed by atoms with van der Waals surface area (Å²) in [6.07, 6.45) is 0. The minimum atomic E-state index is -1.01. The summed E-state index contributed by atoms with van der Waals surface area (Å²) < 4.78 is 0. The highest BCUT2D eigenvalue weighted by molar-refractivity contribution is 6.42. The zero-order valence-corrected chi connectivity index (χ0v) is 13.7. The van der Waals surface area contributed by atoms with Gasteiger partial charge in [-0.1, -0.05) is 103 Å². The molecule has 116 valence electrons. The van der Waals surface area contributed by atoms with Gasteiger partial charge in [-0.2, -0.15) is 0 Å². The van der Waals surface area contributed by atoms with Crippen LogP contribution in [0.5, 0.6) is 0 Å². The van der Waals surface area contributed by atoms with Crippen LogP contribution in [0.1, 0.15) is 16.7 Å². The molecule has 4 rings (SSSR count). The van der Waals surface area contributed by atoms with E-state index in [1.165, 1.54) is 0 Å². The van der Waals surface area contributed by atoms with Gasteiger partial charge in [-0.25, -0.2) is 9.98 Å². The molecule has 0 aromatic heterocycles. The smallest absolute Gasteiger partial charge is 0.203 e. The Balaban J connectivity index is 1.89. The maximum atomic E-state index is 7.02. The van der Waals surface area contributed by atoms with E-state index in [4.69, 9.17) is 21.6 Å². The number of hydrogen-bond donors (Lipinski definition) is 0. The van der Waals surface area contributed by atoms with Crippen molar-refractivity contribution in [2.75, 3.05) is 0 Å². The fourth-order valence-electron chi connectivity index (χ4n) is 2.83. The standard InChI is InChI=1S/C21H15ClN2/c22-21(18-14-8-3-9-15-18)19(16-10-4-1-5-11-16)23-20(24-21)17-12-6-2-7-13-17/h1-15H. The van der Waals surface area contributed by atoms with Gasteiger partial charge in [-0.05, 0) is 0 Å². The van der Waals surface area contributed by atoms with E-state index < -0.39 is 5.00 Å². The number of alkyl halides is 1. The molecular weight excluding hydrogens is 316 g/mol. The molecule has 3 heteroatoms. The van der Waals surface area contributed by atoms with Crippen LogP contribution in [0.25, 0.3) is 0 Å². The topological polar surface area (TPSA) is 24.7 Å². The molecule has 0 aliphatic carbocycles. The van der Waals surface area contributed by atoms with Crippen molar-refractivity contribution in [1.82, 2.24) is 0 Å². The van der Waals surface area contributed by atoms with Gasteiger partial charge in [0.25, 0.3) is 0 Å². The first-order valence-electron chi connectivity index (χ1n) is 7.82. The first-order chi connectivity index (χ1) is 11.8. The van der Waals surface area contributed by atoms with Crippen LogP contribution in [-0.4, -0.2) is 11.5 Å². The molecule has 0 bridgehead atoms. The zero-order valence-electron chi connectivity index (χ0n) is 12.9. The molecule has 24 heavy (non-hydrogen) atoms. The van der Waals surface area contributed by atoms with Gasteiger partial charge in [0.05, 0.1) is 5.71 Å². The molecule has 1 heterocycles. The average Bonchev–Trinajstić information content (AvgIpc) is 3.03. The number of halogens is 1. The molecule has 3 aromatic rings. The number of aliphatic imine (C=N–C) groups is 2. The number of hydrogen-bond acceptors (Lipinski definition) is 2. The summed E-state index contributed by atoms with van der Waals surface area (Å²) in [6.45, 7) is 0. The molecule has 0 amide bonds. The normalized spacial score (nSPS) is 19.7. The van der Waals surface area contributed by atoms with Crippen LogP contribution in [-0.2, 0) is 5.00 Å². The third kappa shape index (κ3) is 2.55. The summed E-state index contributed by atoms with van der Waals surface area (Å²) >= 11 is 7.02. The molecule has 0 saturated heterocycles. The van der Waals surface area contributed by atoms with Gasteiger partial charge in [0.2, 0.25) is 5.00 Å². The Labute approximate surface area is 146 Å². The van der Waals surface area contributed by atoms with Gasteiger partial charge in [-0.15, -0.1) is 0 Å². The predicted molar refractivity (Wildman–Crippen MR) is 99.9 cm³/mol. The van der Waals surface area contributed by atoms with E-state index in [1.54, 1.807) is 0 Å². The van der Waals surface area contributed by atoms with Crippen LogP contribution in [0.2, 0.25) is 0 Å². The number of rotatable bonds is 3. The Morgan fingerprint density at radius 1 is 0.625 bits per heavy atom. The Hall–Kier alpha value is -2.71. The Kier molecular flexibility index (Phi) is 3.75. The highest BCUT2D eigenvalue weighted by atomic mass is 35.5. The SMILES string of the molecule is ClC1(c2ccccc2)N=C(c2ccccc2)N=C1c1ccccc1. The van der Waals surface area contributed by atoms with E-state index in [-0.39, 0.29) is 0 Å². The summed E-state index contributed by atoms with van der Waals surface area (Å²) in [7, 11) is 0. The first kappa shape index (κ1) is 14.9.